The topological polar surface area (TPSA) is 172 Å². The number of aliphatic hydroxyl groups excluding tert-OH is 1. The van der Waals surface area contributed by atoms with Crippen LogP contribution in [-0.4, -0.2) is 43.2 Å². The van der Waals surface area contributed by atoms with Gasteiger partial charge in [0.25, 0.3) is 11.5 Å². The molecule has 0 aliphatic carbocycles. The fraction of sp³-hybridized carbons (Fsp3) is 0.222. The average Bonchev–Trinajstić information content (AvgIpc) is 3.15. The van der Waals surface area contributed by atoms with E-state index >= 15 is 0 Å². The molecule has 0 fully saturated rings. The van der Waals surface area contributed by atoms with Crippen molar-refractivity contribution in [2.75, 3.05) is 6.61 Å². The predicted molar refractivity (Wildman–Crippen MR) is 123 cm³/mol. The second kappa shape index (κ2) is 14.4. The molecule has 8 N–H and O–H groups in total. The Kier molecular flexibility index (Phi) is 13.6. The second-order valence-electron chi connectivity index (χ2n) is 6.14. The van der Waals surface area contributed by atoms with Gasteiger partial charge in [-0.1, -0.05) is 23.7 Å². The van der Waals surface area contributed by atoms with Crippen molar-refractivity contribution in [1.82, 2.24) is 37.2 Å². The number of amides is 1. The number of rotatable bonds is 5. The van der Waals surface area contributed by atoms with E-state index in [1.54, 1.807) is 44.4 Å². The van der Waals surface area contributed by atoms with E-state index in [0.717, 1.165) is 4.68 Å². The Labute approximate surface area is 206 Å². The van der Waals surface area contributed by atoms with E-state index < -0.39 is 34.0 Å². The third kappa shape index (κ3) is 7.97. The quantitative estimate of drug-likeness (QED) is 0.319. The first-order valence-electron chi connectivity index (χ1n) is 8.44. The Morgan fingerprint density at radius 3 is 2.34 bits per heavy atom. The summed E-state index contributed by atoms with van der Waals surface area (Å²) in [6.45, 7) is 1.40. The molecule has 32 heavy (non-hydrogen) atoms. The van der Waals surface area contributed by atoms with E-state index in [9.17, 15) is 9.59 Å². The molecule has 3 rings (SSSR count). The maximum atomic E-state index is 12.8. The Bertz CT molecular complexity index is 1060. The maximum absolute atomic E-state index is 12.8. The van der Waals surface area contributed by atoms with Crippen LogP contribution >= 0.6 is 30.4 Å². The average molecular weight is 688 g/mol. The Morgan fingerprint density at radius 1 is 1.25 bits per heavy atom. The predicted octanol–water partition coefficient (Wildman–Crippen LogP) is 3.10. The zero-order valence-electron chi connectivity index (χ0n) is 17.2. The summed E-state index contributed by atoms with van der Waals surface area (Å²) in [7, 11) is 11.5. The van der Waals surface area contributed by atoms with Gasteiger partial charge in [-0.3, -0.25) is 14.3 Å². The van der Waals surface area contributed by atoms with Crippen LogP contribution in [0.15, 0.2) is 47.5 Å². The Morgan fingerprint density at radius 2 is 1.84 bits per heavy atom. The SMILES string of the molecule is CC(CO)NC(=O)c1cc(-c2ccc(Cl)cc2)nn(-c2cnn(C)c2)c1=O.N.N.[Cl][Pt+2][Cl]. The van der Waals surface area contributed by atoms with E-state index in [1.165, 1.54) is 16.9 Å². The van der Waals surface area contributed by atoms with E-state index in [0.29, 0.717) is 22.0 Å². The summed E-state index contributed by atoms with van der Waals surface area (Å²) < 4.78 is 2.67. The zero-order chi connectivity index (χ0) is 22.3. The molecule has 0 radical (unpaired) electrons. The molecule has 178 valence electrons. The third-order valence-corrected chi connectivity index (χ3v) is 4.14. The fourth-order valence-corrected chi connectivity index (χ4v) is 2.58. The third-order valence-electron chi connectivity index (χ3n) is 3.88. The van der Waals surface area contributed by atoms with Crippen molar-refractivity contribution in [2.24, 2.45) is 7.05 Å². The van der Waals surface area contributed by atoms with Crippen LogP contribution in [0, 0.1) is 0 Å². The fourth-order valence-electron chi connectivity index (χ4n) is 2.46. The first kappa shape index (κ1) is 30.2. The molecule has 3 aromatic rings. The van der Waals surface area contributed by atoms with Gasteiger partial charge >= 0.3 is 35.3 Å². The van der Waals surface area contributed by atoms with Crippen LogP contribution in [0.4, 0.5) is 0 Å². The van der Waals surface area contributed by atoms with Gasteiger partial charge in [-0.05, 0) is 25.1 Å². The summed E-state index contributed by atoms with van der Waals surface area (Å²) in [5.74, 6) is -0.586. The molecule has 2 aromatic heterocycles. The number of aryl methyl sites for hydroxylation is 1. The van der Waals surface area contributed by atoms with Crippen LogP contribution in [-0.2, 0) is 23.5 Å². The molecule has 0 saturated heterocycles. The minimum absolute atomic E-state index is 0. The van der Waals surface area contributed by atoms with Gasteiger partial charge in [0.05, 0.1) is 24.7 Å². The summed E-state index contributed by atoms with van der Waals surface area (Å²) in [5.41, 5.74) is 0.892. The van der Waals surface area contributed by atoms with Crippen molar-refractivity contribution < 1.29 is 26.4 Å². The van der Waals surface area contributed by atoms with Gasteiger partial charge in [0.15, 0.2) is 0 Å². The van der Waals surface area contributed by atoms with Gasteiger partial charge in [0, 0.05) is 23.7 Å². The molecule has 14 heteroatoms. The van der Waals surface area contributed by atoms with E-state index in [2.05, 4.69) is 15.5 Å². The van der Waals surface area contributed by atoms with Crippen molar-refractivity contribution in [3.8, 4) is 16.9 Å². The number of carbonyl (C=O) groups excluding carboxylic acids is 1. The van der Waals surface area contributed by atoms with Gasteiger partial charge in [0.2, 0.25) is 0 Å². The van der Waals surface area contributed by atoms with Crippen molar-refractivity contribution in [3.63, 3.8) is 0 Å². The molecule has 1 atom stereocenters. The van der Waals surface area contributed by atoms with Crippen molar-refractivity contribution in [1.29, 1.82) is 0 Å². The van der Waals surface area contributed by atoms with Gasteiger partial charge in [-0.2, -0.15) is 14.9 Å². The van der Waals surface area contributed by atoms with E-state index in [4.69, 9.17) is 35.5 Å². The van der Waals surface area contributed by atoms with Crippen LogP contribution in [0.5, 0.6) is 0 Å². The number of aliphatic hydroxyl groups is 1. The van der Waals surface area contributed by atoms with Gasteiger partial charge in [-0.15, -0.1) is 0 Å². The monoisotopic (exact) mass is 686 g/mol. The molecule has 0 aliphatic heterocycles. The summed E-state index contributed by atoms with van der Waals surface area (Å²) in [6.07, 6.45) is 3.11. The van der Waals surface area contributed by atoms with Crippen LogP contribution in [0.2, 0.25) is 5.02 Å². The minimum atomic E-state index is -0.586. The first-order chi connectivity index (χ1) is 14.3. The van der Waals surface area contributed by atoms with E-state index in [-0.39, 0.29) is 24.5 Å². The summed E-state index contributed by atoms with van der Waals surface area (Å²) in [5, 5.41) is 20.7. The molecule has 1 unspecified atom stereocenters. The molecular weight excluding hydrogens is 664 g/mol. The summed E-state index contributed by atoms with van der Waals surface area (Å²) >= 11 is 5.46. The van der Waals surface area contributed by atoms with Crippen LogP contribution < -0.4 is 23.2 Å². The summed E-state index contributed by atoms with van der Waals surface area (Å²) in [6, 6.07) is 7.84. The molecular formula is C18H24Cl3N7O3Pt+2. The molecule has 1 amide bonds. The molecule has 0 bridgehead atoms. The number of hydrogen-bond acceptors (Lipinski definition) is 7. The number of nitrogens with zero attached hydrogens (tertiary/aromatic N) is 4. The number of benzene rings is 1. The van der Waals surface area contributed by atoms with Gasteiger partial charge < -0.3 is 22.7 Å². The number of aromatic nitrogens is 4. The normalized spacial score (nSPS) is 10.8. The molecule has 1 aromatic carbocycles. The molecule has 0 saturated carbocycles. The number of halogens is 3. The Balaban J connectivity index is 0.00000182. The molecule has 10 nitrogen and oxygen atoms in total. The standard InChI is InChI=1S/C18H18ClN5O3.2ClH.2H3N.Pt/c1-11(10-25)21-17(26)15-7-16(12-3-5-13(19)6-4-12)22-24(18(15)27)14-8-20-23(2)9-14;;;;;/h3-9,11,25H,10H2,1-2H3,(H,21,26);2*1H;2*1H3;/q;;;;;+4/p-2. The molecule has 2 heterocycles. The van der Waals surface area contributed by atoms with Crippen molar-refractivity contribution in [2.45, 2.75) is 13.0 Å². The zero-order valence-corrected chi connectivity index (χ0v) is 21.8. The number of carbonyl (C=O) groups is 1. The Hall–Kier alpha value is -1.78. The first-order valence-corrected chi connectivity index (χ1v) is 14.4. The summed E-state index contributed by atoms with van der Waals surface area (Å²) in [4.78, 5) is 25.4. The van der Waals surface area contributed by atoms with Crippen LogP contribution in [0.3, 0.4) is 0 Å². The van der Waals surface area contributed by atoms with Crippen molar-refractivity contribution in [3.05, 3.63) is 63.7 Å². The van der Waals surface area contributed by atoms with Crippen LogP contribution in [0.1, 0.15) is 17.3 Å². The van der Waals surface area contributed by atoms with Gasteiger partial charge in [0.1, 0.15) is 11.3 Å². The molecule has 0 aliphatic rings. The number of hydrogen-bond donors (Lipinski definition) is 4. The second-order valence-corrected chi connectivity index (χ2v) is 9.86. The van der Waals surface area contributed by atoms with Gasteiger partial charge in [-0.25, -0.2) is 0 Å². The van der Waals surface area contributed by atoms with E-state index in [1.807, 2.05) is 0 Å². The molecule has 0 spiro atoms. The van der Waals surface area contributed by atoms with Crippen molar-refractivity contribution >= 4 is 36.3 Å². The number of nitrogens with one attached hydrogen (secondary N) is 1. The van der Waals surface area contributed by atoms with Crippen LogP contribution in [0.25, 0.3) is 16.9 Å².